The first-order chi connectivity index (χ1) is 10.8. The predicted molar refractivity (Wildman–Crippen MR) is 79.7 cm³/mol. The summed E-state index contributed by atoms with van der Waals surface area (Å²) in [5, 5.41) is 4.07. The van der Waals surface area contributed by atoms with Gasteiger partial charge >= 0.3 is 0 Å². The highest BCUT2D eigenvalue weighted by molar-refractivity contribution is 5.59. The molecule has 0 atom stereocenters. The van der Waals surface area contributed by atoms with Crippen LogP contribution in [0.1, 0.15) is 29.9 Å². The SMILES string of the molecule is CCc1cnc(Cc2nc(-c3ccc4c(c3)CCO4)no2)[nH]1. The number of aromatic amines is 1. The lowest BCUT2D eigenvalue weighted by atomic mass is 10.1. The molecule has 1 aliphatic heterocycles. The van der Waals surface area contributed by atoms with E-state index in [1.54, 1.807) is 0 Å². The summed E-state index contributed by atoms with van der Waals surface area (Å²) in [5.41, 5.74) is 3.25. The summed E-state index contributed by atoms with van der Waals surface area (Å²) in [7, 11) is 0. The molecular weight excluding hydrogens is 280 g/mol. The van der Waals surface area contributed by atoms with Crippen LogP contribution < -0.4 is 4.74 Å². The van der Waals surface area contributed by atoms with Gasteiger partial charge in [-0.2, -0.15) is 4.98 Å². The molecule has 1 N–H and O–H groups in total. The summed E-state index contributed by atoms with van der Waals surface area (Å²) in [4.78, 5) is 12.0. The van der Waals surface area contributed by atoms with Gasteiger partial charge in [-0.25, -0.2) is 4.98 Å². The zero-order valence-corrected chi connectivity index (χ0v) is 12.3. The first kappa shape index (κ1) is 13.1. The standard InChI is InChI=1S/C16H16N4O2/c1-2-12-9-17-14(18-12)8-15-19-16(20-22-15)11-3-4-13-10(7-11)5-6-21-13/h3-4,7,9H,2,5-6,8H2,1H3,(H,17,18). The molecule has 1 aliphatic rings. The van der Waals surface area contributed by atoms with Crippen molar-refractivity contribution in [2.75, 3.05) is 6.61 Å². The van der Waals surface area contributed by atoms with Gasteiger partial charge in [0.2, 0.25) is 11.7 Å². The average Bonchev–Trinajstić information content (AvgIpc) is 3.27. The van der Waals surface area contributed by atoms with Crippen LogP contribution in [0.5, 0.6) is 5.75 Å². The van der Waals surface area contributed by atoms with E-state index < -0.39 is 0 Å². The number of fused-ring (bicyclic) bond motifs is 1. The second-order valence-electron chi connectivity index (χ2n) is 5.32. The maximum atomic E-state index is 5.51. The van der Waals surface area contributed by atoms with Gasteiger partial charge in [0.1, 0.15) is 11.6 Å². The molecule has 0 spiro atoms. The van der Waals surface area contributed by atoms with Crippen LogP contribution in [0.4, 0.5) is 0 Å². The maximum absolute atomic E-state index is 5.51. The van der Waals surface area contributed by atoms with Gasteiger partial charge in [-0.3, -0.25) is 0 Å². The highest BCUT2D eigenvalue weighted by atomic mass is 16.5. The molecule has 0 fully saturated rings. The number of aryl methyl sites for hydroxylation is 1. The first-order valence-corrected chi connectivity index (χ1v) is 7.43. The number of ether oxygens (including phenoxy) is 1. The molecule has 0 amide bonds. The van der Waals surface area contributed by atoms with Crippen molar-refractivity contribution in [3.8, 4) is 17.1 Å². The van der Waals surface area contributed by atoms with E-state index in [0.717, 1.165) is 42.3 Å². The number of nitrogens with zero attached hydrogens (tertiary/aromatic N) is 3. The Morgan fingerprint density at radius 2 is 2.27 bits per heavy atom. The van der Waals surface area contributed by atoms with Gasteiger partial charge in [0.15, 0.2) is 0 Å². The minimum Gasteiger partial charge on any atom is -0.493 e. The molecule has 0 saturated carbocycles. The summed E-state index contributed by atoms with van der Waals surface area (Å²) in [5.74, 6) is 2.96. The zero-order valence-electron chi connectivity index (χ0n) is 12.3. The van der Waals surface area contributed by atoms with Crippen molar-refractivity contribution < 1.29 is 9.26 Å². The Morgan fingerprint density at radius 1 is 1.32 bits per heavy atom. The van der Waals surface area contributed by atoms with Crippen LogP contribution in [0.25, 0.3) is 11.4 Å². The number of imidazole rings is 1. The molecular formula is C16H16N4O2. The Labute approximate surface area is 127 Å². The number of rotatable bonds is 4. The number of aromatic nitrogens is 4. The third kappa shape index (κ3) is 2.36. The van der Waals surface area contributed by atoms with Crippen molar-refractivity contribution in [3.05, 3.63) is 47.4 Å². The average molecular weight is 296 g/mol. The Kier molecular flexibility index (Phi) is 3.14. The van der Waals surface area contributed by atoms with Crippen LogP contribution in [0.3, 0.4) is 0 Å². The normalized spacial score (nSPS) is 13.1. The molecule has 0 saturated heterocycles. The van der Waals surface area contributed by atoms with Crippen molar-refractivity contribution in [2.24, 2.45) is 0 Å². The van der Waals surface area contributed by atoms with Crippen LogP contribution in [0.15, 0.2) is 28.9 Å². The quantitative estimate of drug-likeness (QED) is 0.800. The number of hydrogen-bond donors (Lipinski definition) is 1. The maximum Gasteiger partial charge on any atom is 0.234 e. The Hall–Kier alpha value is -2.63. The molecule has 6 nitrogen and oxygen atoms in total. The molecule has 22 heavy (non-hydrogen) atoms. The fourth-order valence-electron chi connectivity index (χ4n) is 2.59. The van der Waals surface area contributed by atoms with E-state index in [2.05, 4.69) is 33.1 Å². The lowest BCUT2D eigenvalue weighted by molar-refractivity contribution is 0.357. The van der Waals surface area contributed by atoms with Crippen molar-refractivity contribution in [3.63, 3.8) is 0 Å². The van der Waals surface area contributed by atoms with Crippen molar-refractivity contribution in [1.82, 2.24) is 20.1 Å². The van der Waals surface area contributed by atoms with E-state index in [1.165, 1.54) is 5.56 Å². The molecule has 2 aromatic heterocycles. The van der Waals surface area contributed by atoms with E-state index in [0.29, 0.717) is 18.1 Å². The molecule has 1 aromatic carbocycles. The summed E-state index contributed by atoms with van der Waals surface area (Å²) in [6.45, 7) is 2.83. The summed E-state index contributed by atoms with van der Waals surface area (Å²) < 4.78 is 10.8. The van der Waals surface area contributed by atoms with Gasteiger partial charge in [-0.05, 0) is 30.2 Å². The van der Waals surface area contributed by atoms with Gasteiger partial charge in [0.05, 0.1) is 13.0 Å². The second kappa shape index (κ2) is 5.29. The van der Waals surface area contributed by atoms with E-state index in [-0.39, 0.29) is 0 Å². The Morgan fingerprint density at radius 3 is 3.14 bits per heavy atom. The fraction of sp³-hybridized carbons (Fsp3) is 0.312. The third-order valence-corrected chi connectivity index (χ3v) is 3.80. The number of nitrogens with one attached hydrogen (secondary N) is 1. The summed E-state index contributed by atoms with van der Waals surface area (Å²) in [6, 6.07) is 5.99. The summed E-state index contributed by atoms with van der Waals surface area (Å²) in [6.07, 6.45) is 4.22. The smallest absolute Gasteiger partial charge is 0.234 e. The minimum atomic E-state index is 0.515. The topological polar surface area (TPSA) is 76.8 Å². The van der Waals surface area contributed by atoms with Crippen LogP contribution in [-0.4, -0.2) is 26.7 Å². The van der Waals surface area contributed by atoms with E-state index >= 15 is 0 Å². The lowest BCUT2D eigenvalue weighted by Gasteiger charge is -1.99. The minimum absolute atomic E-state index is 0.515. The van der Waals surface area contributed by atoms with E-state index in [9.17, 15) is 0 Å². The lowest BCUT2D eigenvalue weighted by Crippen LogP contribution is -1.92. The monoisotopic (exact) mass is 296 g/mol. The highest BCUT2D eigenvalue weighted by Gasteiger charge is 2.16. The second-order valence-corrected chi connectivity index (χ2v) is 5.32. The molecule has 0 radical (unpaired) electrons. The molecule has 3 aromatic rings. The van der Waals surface area contributed by atoms with Gasteiger partial charge in [-0.15, -0.1) is 0 Å². The van der Waals surface area contributed by atoms with Crippen molar-refractivity contribution >= 4 is 0 Å². The zero-order chi connectivity index (χ0) is 14.9. The van der Waals surface area contributed by atoms with Crippen LogP contribution >= 0.6 is 0 Å². The number of hydrogen-bond acceptors (Lipinski definition) is 5. The van der Waals surface area contributed by atoms with Crippen molar-refractivity contribution in [2.45, 2.75) is 26.2 Å². The van der Waals surface area contributed by atoms with Crippen molar-refractivity contribution in [1.29, 1.82) is 0 Å². The van der Waals surface area contributed by atoms with Gasteiger partial charge in [0.25, 0.3) is 0 Å². The van der Waals surface area contributed by atoms with Crippen LogP contribution in [0.2, 0.25) is 0 Å². The molecule has 3 heterocycles. The fourth-order valence-corrected chi connectivity index (χ4v) is 2.59. The Bertz CT molecular complexity index is 806. The third-order valence-electron chi connectivity index (χ3n) is 3.80. The number of benzene rings is 1. The summed E-state index contributed by atoms with van der Waals surface area (Å²) >= 11 is 0. The number of H-pyrrole nitrogens is 1. The molecule has 0 bridgehead atoms. The first-order valence-electron chi connectivity index (χ1n) is 7.43. The van der Waals surface area contributed by atoms with Gasteiger partial charge in [-0.1, -0.05) is 12.1 Å². The molecule has 6 heteroatoms. The van der Waals surface area contributed by atoms with Crippen LogP contribution in [-0.2, 0) is 19.3 Å². The van der Waals surface area contributed by atoms with Gasteiger partial charge in [0, 0.05) is 23.9 Å². The van der Waals surface area contributed by atoms with Gasteiger partial charge < -0.3 is 14.2 Å². The molecule has 112 valence electrons. The molecule has 0 aliphatic carbocycles. The molecule has 0 unspecified atom stereocenters. The largest absolute Gasteiger partial charge is 0.493 e. The van der Waals surface area contributed by atoms with E-state index in [4.69, 9.17) is 9.26 Å². The van der Waals surface area contributed by atoms with Crippen LogP contribution in [0, 0.1) is 0 Å². The predicted octanol–water partition coefficient (Wildman–Crippen LogP) is 2.55. The molecule has 4 rings (SSSR count). The van der Waals surface area contributed by atoms with E-state index in [1.807, 2.05) is 18.3 Å². The Balaban J connectivity index is 1.56. The highest BCUT2D eigenvalue weighted by Crippen LogP contribution is 2.29.